The van der Waals surface area contributed by atoms with Gasteiger partial charge in [0, 0.05) is 12.2 Å². The Hall–Kier alpha value is -1.77. The molecule has 2 aromatic rings. The van der Waals surface area contributed by atoms with E-state index in [1.807, 2.05) is 0 Å². The normalized spacial score (nSPS) is 11.8. The average Bonchev–Trinajstić information content (AvgIpc) is 2.48. The first-order valence-corrected chi connectivity index (χ1v) is 8.60. The zero-order valence-electron chi connectivity index (χ0n) is 13.3. The van der Waals surface area contributed by atoms with Crippen molar-refractivity contribution in [2.75, 3.05) is 12.3 Å². The summed E-state index contributed by atoms with van der Waals surface area (Å²) in [6.45, 7) is 1.52. The van der Waals surface area contributed by atoms with Gasteiger partial charge in [-0.25, -0.2) is 13.1 Å². The van der Waals surface area contributed by atoms with E-state index in [0.717, 1.165) is 17.7 Å². The van der Waals surface area contributed by atoms with Crippen LogP contribution in [0.2, 0.25) is 0 Å². The number of hydrogen-bond acceptors (Lipinski definition) is 3. The number of hydrogen-bond donors (Lipinski definition) is 2. The van der Waals surface area contributed by atoms with E-state index < -0.39 is 21.8 Å². The lowest BCUT2D eigenvalue weighted by Crippen LogP contribution is -2.27. The molecule has 0 heterocycles. The van der Waals surface area contributed by atoms with Gasteiger partial charge in [-0.3, -0.25) is 0 Å². The number of rotatable bonds is 5. The fourth-order valence-electron chi connectivity index (χ4n) is 2.16. The lowest BCUT2D eigenvalue weighted by molar-refractivity contribution is -0.137. The number of alkyl halides is 3. The molecule has 0 bridgehead atoms. The van der Waals surface area contributed by atoms with Gasteiger partial charge in [-0.15, -0.1) is 12.4 Å². The van der Waals surface area contributed by atoms with E-state index in [1.54, 1.807) is 24.3 Å². The predicted molar refractivity (Wildman–Crippen MR) is 93.2 cm³/mol. The summed E-state index contributed by atoms with van der Waals surface area (Å²) in [7, 11) is -4.03. The Labute approximate surface area is 150 Å². The number of nitrogen functional groups attached to an aromatic ring is 1. The molecule has 138 valence electrons. The van der Waals surface area contributed by atoms with Crippen LogP contribution in [0.3, 0.4) is 0 Å². The fourth-order valence-corrected chi connectivity index (χ4v) is 3.46. The molecule has 0 fully saturated rings. The van der Waals surface area contributed by atoms with E-state index in [0.29, 0.717) is 18.2 Å². The zero-order chi connectivity index (χ0) is 18.0. The van der Waals surface area contributed by atoms with Crippen LogP contribution in [0.25, 0.3) is 0 Å². The minimum absolute atomic E-state index is 0. The Morgan fingerprint density at radius 3 is 2.24 bits per heavy atom. The monoisotopic (exact) mass is 394 g/mol. The molecule has 0 aliphatic heterocycles. The van der Waals surface area contributed by atoms with Crippen molar-refractivity contribution in [1.82, 2.24) is 4.72 Å². The summed E-state index contributed by atoms with van der Waals surface area (Å²) >= 11 is 0. The maximum Gasteiger partial charge on any atom is 0.416 e. The van der Waals surface area contributed by atoms with Gasteiger partial charge in [-0.1, -0.05) is 18.2 Å². The van der Waals surface area contributed by atoms with E-state index in [4.69, 9.17) is 5.73 Å². The summed E-state index contributed by atoms with van der Waals surface area (Å²) in [5, 5.41) is 0. The molecule has 0 saturated heterocycles. The van der Waals surface area contributed by atoms with Gasteiger partial charge in [-0.2, -0.15) is 13.2 Å². The molecule has 0 aliphatic rings. The average molecular weight is 395 g/mol. The summed E-state index contributed by atoms with van der Waals surface area (Å²) in [5.41, 5.74) is 6.29. The van der Waals surface area contributed by atoms with Crippen molar-refractivity contribution in [3.63, 3.8) is 0 Å². The molecule has 0 spiro atoms. The number of anilines is 1. The maximum atomic E-state index is 12.8. The Bertz CT molecular complexity index is 822. The molecule has 2 rings (SSSR count). The molecule has 2 aromatic carbocycles. The van der Waals surface area contributed by atoms with Crippen molar-refractivity contribution in [1.29, 1.82) is 0 Å². The van der Waals surface area contributed by atoms with Crippen molar-refractivity contribution in [3.8, 4) is 0 Å². The molecule has 25 heavy (non-hydrogen) atoms. The van der Waals surface area contributed by atoms with Gasteiger partial charge in [0.25, 0.3) is 0 Å². The van der Waals surface area contributed by atoms with E-state index in [2.05, 4.69) is 4.72 Å². The standard InChI is InChI=1S/C16H17F3N2O2S.ClH/c1-11-2-5-13(16(17,18)19)10-15(11)24(22,23)21-9-8-12-3-6-14(20)7-4-12;/h2-7,10,21H,8-9,20H2,1H3;1H. The largest absolute Gasteiger partial charge is 0.416 e. The van der Waals surface area contributed by atoms with Gasteiger partial charge in [0.15, 0.2) is 0 Å². The van der Waals surface area contributed by atoms with Crippen LogP contribution < -0.4 is 10.5 Å². The van der Waals surface area contributed by atoms with Crippen molar-refractivity contribution in [2.24, 2.45) is 0 Å². The molecule has 0 amide bonds. The first-order valence-electron chi connectivity index (χ1n) is 7.11. The highest BCUT2D eigenvalue weighted by Crippen LogP contribution is 2.31. The van der Waals surface area contributed by atoms with Crippen LogP contribution in [0, 0.1) is 6.92 Å². The molecular formula is C16H18ClF3N2O2S. The van der Waals surface area contributed by atoms with Crippen molar-refractivity contribution >= 4 is 28.1 Å². The van der Waals surface area contributed by atoms with Gasteiger partial charge in [0.05, 0.1) is 10.5 Å². The molecule has 3 N–H and O–H groups in total. The molecule has 9 heteroatoms. The third-order valence-corrected chi connectivity index (χ3v) is 5.09. The number of aryl methyl sites for hydroxylation is 1. The third-order valence-electron chi connectivity index (χ3n) is 3.49. The third kappa shape index (κ3) is 5.62. The van der Waals surface area contributed by atoms with Gasteiger partial charge in [-0.05, 0) is 48.7 Å². The number of nitrogens with one attached hydrogen (secondary N) is 1. The number of nitrogens with two attached hydrogens (primary N) is 1. The van der Waals surface area contributed by atoms with Crippen LogP contribution >= 0.6 is 12.4 Å². The summed E-state index contributed by atoms with van der Waals surface area (Å²) in [5.74, 6) is 0. The summed E-state index contributed by atoms with van der Waals surface area (Å²) in [4.78, 5) is -0.366. The Kier molecular flexibility index (Phi) is 6.87. The maximum absolute atomic E-state index is 12.8. The highest BCUT2D eigenvalue weighted by molar-refractivity contribution is 7.89. The van der Waals surface area contributed by atoms with Gasteiger partial charge in [0.2, 0.25) is 10.0 Å². The molecule has 0 saturated carbocycles. The first kappa shape index (κ1) is 21.3. The van der Waals surface area contributed by atoms with Crippen LogP contribution in [0.1, 0.15) is 16.7 Å². The SMILES string of the molecule is Cc1ccc(C(F)(F)F)cc1S(=O)(=O)NCCc1ccc(N)cc1.Cl. The second-order valence-electron chi connectivity index (χ2n) is 5.37. The van der Waals surface area contributed by atoms with Crippen LogP contribution in [-0.2, 0) is 22.6 Å². The minimum atomic E-state index is -4.60. The molecule has 4 nitrogen and oxygen atoms in total. The van der Waals surface area contributed by atoms with Gasteiger partial charge >= 0.3 is 6.18 Å². The lowest BCUT2D eigenvalue weighted by Gasteiger charge is -2.13. The summed E-state index contributed by atoms with van der Waals surface area (Å²) in [6, 6.07) is 9.58. The van der Waals surface area contributed by atoms with E-state index in [9.17, 15) is 21.6 Å². The van der Waals surface area contributed by atoms with Crippen LogP contribution in [0.4, 0.5) is 18.9 Å². The molecule has 0 aliphatic carbocycles. The number of sulfonamides is 1. The van der Waals surface area contributed by atoms with Crippen LogP contribution in [-0.4, -0.2) is 15.0 Å². The van der Waals surface area contributed by atoms with Crippen LogP contribution in [0.5, 0.6) is 0 Å². The van der Waals surface area contributed by atoms with Crippen LogP contribution in [0.15, 0.2) is 47.4 Å². The second-order valence-corrected chi connectivity index (χ2v) is 7.10. The van der Waals surface area contributed by atoms with E-state index >= 15 is 0 Å². The lowest BCUT2D eigenvalue weighted by atomic mass is 10.1. The Morgan fingerprint density at radius 2 is 1.68 bits per heavy atom. The van der Waals surface area contributed by atoms with E-state index in [1.165, 1.54) is 6.92 Å². The smallest absolute Gasteiger partial charge is 0.399 e. The second kappa shape index (κ2) is 8.07. The number of benzene rings is 2. The number of halogens is 4. The predicted octanol–water partition coefficient (Wildman–Crippen LogP) is 3.54. The summed E-state index contributed by atoms with van der Waals surface area (Å²) < 4.78 is 65.2. The van der Waals surface area contributed by atoms with Gasteiger partial charge < -0.3 is 5.73 Å². The Morgan fingerprint density at radius 1 is 1.08 bits per heavy atom. The van der Waals surface area contributed by atoms with E-state index in [-0.39, 0.29) is 29.4 Å². The molecule has 0 atom stereocenters. The van der Waals surface area contributed by atoms with Crippen molar-refractivity contribution in [3.05, 3.63) is 59.2 Å². The molecule has 0 aromatic heterocycles. The highest BCUT2D eigenvalue weighted by Gasteiger charge is 2.32. The molecular weight excluding hydrogens is 377 g/mol. The molecule has 0 unspecified atom stereocenters. The first-order chi connectivity index (χ1) is 11.1. The minimum Gasteiger partial charge on any atom is -0.399 e. The topological polar surface area (TPSA) is 72.2 Å². The van der Waals surface area contributed by atoms with Crippen molar-refractivity contribution < 1.29 is 21.6 Å². The summed E-state index contributed by atoms with van der Waals surface area (Å²) in [6.07, 6.45) is -4.19. The van der Waals surface area contributed by atoms with Crippen molar-refractivity contribution in [2.45, 2.75) is 24.4 Å². The van der Waals surface area contributed by atoms with Gasteiger partial charge in [0.1, 0.15) is 0 Å². The zero-order valence-corrected chi connectivity index (χ0v) is 14.9. The fraction of sp³-hybridized carbons (Fsp3) is 0.250. The highest BCUT2D eigenvalue weighted by atomic mass is 35.5. The Balaban J connectivity index is 0.00000312. The molecule has 0 radical (unpaired) electrons. The quantitative estimate of drug-likeness (QED) is 0.762.